The number of nitrogens with two attached hydrogens (primary N) is 1. The van der Waals surface area contributed by atoms with Crippen molar-refractivity contribution >= 4 is 27.7 Å². The molecule has 2 amide bonds. The van der Waals surface area contributed by atoms with Crippen LogP contribution in [0.15, 0.2) is 0 Å². The van der Waals surface area contributed by atoms with Gasteiger partial charge in [-0.2, -0.15) is 0 Å². The predicted octanol–water partition coefficient (Wildman–Crippen LogP) is 1.32. The van der Waals surface area contributed by atoms with Gasteiger partial charge in [-0.1, -0.05) is 15.9 Å². The summed E-state index contributed by atoms with van der Waals surface area (Å²) >= 11 is 3.31. The maximum Gasteiger partial charge on any atom is 0.219 e. The van der Waals surface area contributed by atoms with E-state index in [-0.39, 0.29) is 11.8 Å². The molecular weight excluding hydrogens is 260 g/mol. The van der Waals surface area contributed by atoms with Crippen LogP contribution in [0.25, 0.3) is 0 Å². The summed E-state index contributed by atoms with van der Waals surface area (Å²) in [4.78, 5) is 21.6. The molecule has 0 rings (SSSR count). The summed E-state index contributed by atoms with van der Waals surface area (Å²) in [5.41, 5.74) is 4.98. The third kappa shape index (κ3) is 11.3. The van der Waals surface area contributed by atoms with Crippen molar-refractivity contribution in [3.8, 4) is 0 Å². The molecule has 0 aliphatic carbocycles. The van der Waals surface area contributed by atoms with E-state index in [9.17, 15) is 9.59 Å². The fraction of sp³-hybridized carbons (Fsp3) is 0.800. The van der Waals surface area contributed by atoms with Gasteiger partial charge in [0.1, 0.15) is 0 Å². The van der Waals surface area contributed by atoms with Crippen LogP contribution in [0.1, 0.15) is 38.5 Å². The normalized spacial score (nSPS) is 9.93. The van der Waals surface area contributed by atoms with Gasteiger partial charge < -0.3 is 11.1 Å². The topological polar surface area (TPSA) is 72.2 Å². The molecule has 0 aliphatic rings. The van der Waals surface area contributed by atoms with E-state index < -0.39 is 0 Å². The van der Waals surface area contributed by atoms with Crippen molar-refractivity contribution in [2.75, 3.05) is 11.9 Å². The van der Waals surface area contributed by atoms with Crippen molar-refractivity contribution in [3.05, 3.63) is 0 Å². The number of nitrogens with one attached hydrogen (secondary N) is 1. The first-order chi connectivity index (χ1) is 7.16. The lowest BCUT2D eigenvalue weighted by Gasteiger charge is -2.03. The Morgan fingerprint density at radius 1 is 1.07 bits per heavy atom. The van der Waals surface area contributed by atoms with E-state index in [4.69, 9.17) is 5.73 Å². The van der Waals surface area contributed by atoms with Crippen molar-refractivity contribution < 1.29 is 9.59 Å². The Balaban J connectivity index is 3.20. The van der Waals surface area contributed by atoms with E-state index in [1.165, 1.54) is 0 Å². The smallest absolute Gasteiger partial charge is 0.219 e. The molecule has 0 aromatic rings. The number of unbranched alkanes of at least 4 members (excludes halogenated alkanes) is 2. The summed E-state index contributed by atoms with van der Waals surface area (Å²) in [6.45, 7) is 0.639. The molecule has 0 aromatic heterocycles. The second kappa shape index (κ2) is 9.96. The van der Waals surface area contributed by atoms with Gasteiger partial charge in [-0.25, -0.2) is 0 Å². The molecule has 0 aromatic carbocycles. The molecule has 0 unspecified atom stereocenters. The van der Waals surface area contributed by atoms with E-state index in [2.05, 4.69) is 21.2 Å². The SMILES string of the molecule is NC(=O)CCCCNC(=O)CCCCBr. The number of carbonyl (C=O) groups excluding carboxylic acids is 2. The molecule has 0 atom stereocenters. The van der Waals surface area contributed by atoms with Gasteiger partial charge in [0.2, 0.25) is 11.8 Å². The van der Waals surface area contributed by atoms with Gasteiger partial charge in [-0.3, -0.25) is 9.59 Å². The van der Waals surface area contributed by atoms with E-state index in [0.717, 1.165) is 31.0 Å². The quantitative estimate of drug-likeness (QED) is 0.493. The average Bonchev–Trinajstić information content (AvgIpc) is 2.17. The van der Waals surface area contributed by atoms with Crippen LogP contribution in [0.2, 0.25) is 0 Å². The number of hydrogen-bond acceptors (Lipinski definition) is 2. The zero-order valence-electron chi connectivity index (χ0n) is 8.93. The lowest BCUT2D eigenvalue weighted by atomic mass is 10.2. The summed E-state index contributed by atoms with van der Waals surface area (Å²) < 4.78 is 0. The largest absolute Gasteiger partial charge is 0.370 e. The first-order valence-corrected chi connectivity index (χ1v) is 6.40. The minimum atomic E-state index is -0.279. The van der Waals surface area contributed by atoms with Gasteiger partial charge in [0.15, 0.2) is 0 Å². The van der Waals surface area contributed by atoms with Gasteiger partial charge in [0.05, 0.1) is 0 Å². The molecule has 3 N–H and O–H groups in total. The standard InChI is InChI=1S/C10H19BrN2O2/c11-7-3-1-6-10(15)13-8-4-2-5-9(12)14/h1-8H2,(H2,12,14)(H,13,15). The fourth-order valence-corrected chi connectivity index (χ4v) is 1.52. The fourth-order valence-electron chi connectivity index (χ4n) is 1.12. The lowest BCUT2D eigenvalue weighted by Crippen LogP contribution is -2.24. The van der Waals surface area contributed by atoms with E-state index in [1.807, 2.05) is 0 Å². The van der Waals surface area contributed by atoms with Gasteiger partial charge in [0.25, 0.3) is 0 Å². The number of hydrogen-bond donors (Lipinski definition) is 2. The first-order valence-electron chi connectivity index (χ1n) is 5.27. The Labute approximate surface area is 99.1 Å². The highest BCUT2D eigenvalue weighted by atomic mass is 79.9. The molecule has 15 heavy (non-hydrogen) atoms. The molecule has 0 spiro atoms. The highest BCUT2D eigenvalue weighted by Crippen LogP contribution is 1.98. The van der Waals surface area contributed by atoms with Gasteiger partial charge in [0, 0.05) is 24.7 Å². The monoisotopic (exact) mass is 278 g/mol. The summed E-state index contributed by atoms with van der Waals surface area (Å²) in [5, 5.41) is 3.75. The average molecular weight is 279 g/mol. The number of halogens is 1. The molecule has 0 saturated heterocycles. The van der Waals surface area contributed by atoms with Crippen LogP contribution in [0.3, 0.4) is 0 Å². The van der Waals surface area contributed by atoms with Gasteiger partial charge in [-0.05, 0) is 25.7 Å². The van der Waals surface area contributed by atoms with Crippen molar-refractivity contribution in [2.45, 2.75) is 38.5 Å². The predicted molar refractivity (Wildman–Crippen MR) is 63.7 cm³/mol. The molecule has 4 nitrogen and oxygen atoms in total. The maximum atomic E-state index is 11.2. The molecule has 88 valence electrons. The summed E-state index contributed by atoms with van der Waals surface area (Å²) in [6, 6.07) is 0. The number of amides is 2. The van der Waals surface area contributed by atoms with Gasteiger partial charge >= 0.3 is 0 Å². The second-order valence-corrected chi connectivity index (χ2v) is 4.21. The van der Waals surface area contributed by atoms with E-state index in [0.29, 0.717) is 19.4 Å². The van der Waals surface area contributed by atoms with E-state index >= 15 is 0 Å². The van der Waals surface area contributed by atoms with Crippen LogP contribution in [0.4, 0.5) is 0 Å². The summed E-state index contributed by atoms with van der Waals surface area (Å²) in [6.07, 6.45) is 4.48. The highest BCUT2D eigenvalue weighted by molar-refractivity contribution is 9.09. The zero-order chi connectivity index (χ0) is 11.5. The Kier molecular flexibility index (Phi) is 9.57. The molecule has 5 heteroatoms. The van der Waals surface area contributed by atoms with Crippen molar-refractivity contribution in [1.29, 1.82) is 0 Å². The summed E-state index contributed by atoms with van der Waals surface area (Å²) in [5.74, 6) is -0.186. The Bertz CT molecular complexity index is 198. The number of primary amides is 1. The maximum absolute atomic E-state index is 11.2. The first kappa shape index (κ1) is 14.4. The molecule has 0 radical (unpaired) electrons. The van der Waals surface area contributed by atoms with Crippen molar-refractivity contribution in [1.82, 2.24) is 5.32 Å². The van der Waals surface area contributed by atoms with Crippen molar-refractivity contribution in [3.63, 3.8) is 0 Å². The molecule has 0 bridgehead atoms. The zero-order valence-corrected chi connectivity index (χ0v) is 10.5. The van der Waals surface area contributed by atoms with Crippen LogP contribution < -0.4 is 11.1 Å². The molecule has 0 fully saturated rings. The summed E-state index contributed by atoms with van der Waals surface area (Å²) in [7, 11) is 0. The van der Waals surface area contributed by atoms with Crippen LogP contribution in [0.5, 0.6) is 0 Å². The minimum Gasteiger partial charge on any atom is -0.370 e. The Morgan fingerprint density at radius 3 is 2.33 bits per heavy atom. The third-order valence-electron chi connectivity index (χ3n) is 1.96. The number of alkyl halides is 1. The molecular formula is C10H19BrN2O2. The lowest BCUT2D eigenvalue weighted by molar-refractivity contribution is -0.121. The molecule has 0 saturated carbocycles. The van der Waals surface area contributed by atoms with E-state index in [1.54, 1.807) is 0 Å². The molecule has 0 heterocycles. The van der Waals surface area contributed by atoms with Gasteiger partial charge in [-0.15, -0.1) is 0 Å². The molecule has 0 aliphatic heterocycles. The number of carbonyl (C=O) groups is 2. The van der Waals surface area contributed by atoms with Crippen LogP contribution in [-0.4, -0.2) is 23.7 Å². The van der Waals surface area contributed by atoms with Crippen molar-refractivity contribution in [2.24, 2.45) is 5.73 Å². The minimum absolute atomic E-state index is 0.0926. The van der Waals surface area contributed by atoms with Crippen LogP contribution in [-0.2, 0) is 9.59 Å². The highest BCUT2D eigenvalue weighted by Gasteiger charge is 2.00. The van der Waals surface area contributed by atoms with Crippen LogP contribution >= 0.6 is 15.9 Å². The number of rotatable bonds is 9. The third-order valence-corrected chi connectivity index (χ3v) is 2.52. The second-order valence-electron chi connectivity index (χ2n) is 3.42. The Hall–Kier alpha value is -0.580. The Morgan fingerprint density at radius 2 is 1.73 bits per heavy atom. The van der Waals surface area contributed by atoms with Crippen LogP contribution in [0, 0.1) is 0 Å².